The molecule has 0 unspecified atom stereocenters. The van der Waals surface area contributed by atoms with E-state index in [1.165, 1.54) is 37.0 Å². The Balaban J connectivity index is 2.08. The molecule has 5 N–H and O–H groups in total. The molecule has 1 aliphatic rings. The molecule has 1 aromatic rings. The van der Waals surface area contributed by atoms with Crippen LogP contribution in [0.25, 0.3) is 0 Å². The van der Waals surface area contributed by atoms with E-state index in [1.54, 1.807) is 0 Å². The quantitative estimate of drug-likeness (QED) is 0.759. The van der Waals surface area contributed by atoms with Crippen molar-refractivity contribution in [2.75, 3.05) is 36.8 Å². The summed E-state index contributed by atoms with van der Waals surface area (Å²) in [6.07, 6.45) is 4.88. The van der Waals surface area contributed by atoms with Crippen molar-refractivity contribution in [3.8, 4) is 0 Å². The molecule has 6 nitrogen and oxygen atoms in total. The molecule has 1 aromatic heterocycles. The number of nitrogens with zero attached hydrogens (tertiary/aromatic N) is 2. The topological polar surface area (TPSA) is 97.3 Å². The fourth-order valence-corrected chi connectivity index (χ4v) is 3.10. The van der Waals surface area contributed by atoms with Crippen LogP contribution in [0.2, 0.25) is 0 Å². The minimum absolute atomic E-state index is 0.179. The van der Waals surface area contributed by atoms with Crippen LogP contribution in [0.5, 0.6) is 0 Å². The number of nitrogens with one attached hydrogen (secondary N) is 1. The van der Waals surface area contributed by atoms with Gasteiger partial charge in [-0.1, -0.05) is 24.2 Å². The minimum atomic E-state index is -0.179. The van der Waals surface area contributed by atoms with E-state index in [1.807, 2.05) is 0 Å². The van der Waals surface area contributed by atoms with Gasteiger partial charge >= 0.3 is 0 Å². The third-order valence-electron chi connectivity index (χ3n) is 3.15. The second-order valence-corrected chi connectivity index (χ2v) is 5.63. The molecule has 0 bridgehead atoms. The molecule has 1 amide bonds. The van der Waals surface area contributed by atoms with E-state index in [4.69, 9.17) is 11.5 Å². The molecule has 19 heavy (non-hydrogen) atoms. The normalized spacial score (nSPS) is 16.2. The lowest BCUT2D eigenvalue weighted by molar-refractivity contribution is 0.0959. The molecular weight excluding hydrogens is 262 g/mol. The van der Waals surface area contributed by atoms with Gasteiger partial charge < -0.3 is 21.7 Å². The molecule has 0 atom stereocenters. The number of nitrogen functional groups attached to an aromatic ring is 1. The van der Waals surface area contributed by atoms with Crippen LogP contribution >= 0.6 is 11.3 Å². The molecule has 2 heterocycles. The fourth-order valence-electron chi connectivity index (χ4n) is 2.15. The molecule has 7 heteroatoms. The number of hydrogen-bond acceptors (Lipinski definition) is 6. The van der Waals surface area contributed by atoms with Crippen LogP contribution in [0.1, 0.15) is 35.4 Å². The van der Waals surface area contributed by atoms with Crippen molar-refractivity contribution in [2.45, 2.75) is 25.7 Å². The van der Waals surface area contributed by atoms with Gasteiger partial charge in [-0.25, -0.2) is 4.98 Å². The maximum Gasteiger partial charge on any atom is 0.265 e. The average Bonchev–Trinajstić information content (AvgIpc) is 2.65. The van der Waals surface area contributed by atoms with Gasteiger partial charge in [-0.2, -0.15) is 0 Å². The van der Waals surface area contributed by atoms with Crippen molar-refractivity contribution in [3.05, 3.63) is 4.88 Å². The number of carbonyl (C=O) groups excluding carboxylic acids is 1. The van der Waals surface area contributed by atoms with Gasteiger partial charge in [0, 0.05) is 26.2 Å². The minimum Gasteiger partial charge on any atom is -0.382 e. The highest BCUT2D eigenvalue weighted by Crippen LogP contribution is 2.29. The fraction of sp³-hybridized carbons (Fsp3) is 0.667. The van der Waals surface area contributed by atoms with Crippen LogP contribution < -0.4 is 21.7 Å². The van der Waals surface area contributed by atoms with Crippen molar-refractivity contribution in [1.29, 1.82) is 0 Å². The number of carbonyl (C=O) groups is 1. The largest absolute Gasteiger partial charge is 0.382 e. The Morgan fingerprint density at radius 2 is 2.00 bits per heavy atom. The summed E-state index contributed by atoms with van der Waals surface area (Å²) in [6.45, 7) is 2.87. The van der Waals surface area contributed by atoms with Crippen LogP contribution in [0.15, 0.2) is 0 Å². The Bertz CT molecular complexity index is 426. The summed E-state index contributed by atoms with van der Waals surface area (Å²) in [5.74, 6) is 0.139. The first-order valence-electron chi connectivity index (χ1n) is 6.72. The standard InChI is InChI=1S/C12H21N5OS/c13-5-6-15-11(18)9-10(14)16-12(19-9)17-7-3-1-2-4-8-17/h1-8,13-14H2,(H,15,18). The van der Waals surface area contributed by atoms with Crippen LogP contribution in [0.4, 0.5) is 10.9 Å². The van der Waals surface area contributed by atoms with E-state index in [0.717, 1.165) is 18.2 Å². The van der Waals surface area contributed by atoms with Gasteiger partial charge in [-0.05, 0) is 12.8 Å². The lowest BCUT2D eigenvalue weighted by Gasteiger charge is -2.18. The van der Waals surface area contributed by atoms with Crippen molar-refractivity contribution in [1.82, 2.24) is 10.3 Å². The van der Waals surface area contributed by atoms with Gasteiger partial charge in [0.25, 0.3) is 5.91 Å². The number of amides is 1. The third-order valence-corrected chi connectivity index (χ3v) is 4.29. The Morgan fingerprint density at radius 1 is 1.32 bits per heavy atom. The second kappa shape index (κ2) is 6.72. The van der Waals surface area contributed by atoms with E-state index in [9.17, 15) is 4.79 Å². The van der Waals surface area contributed by atoms with Crippen LogP contribution in [0, 0.1) is 0 Å². The highest BCUT2D eigenvalue weighted by atomic mass is 32.1. The van der Waals surface area contributed by atoms with E-state index in [-0.39, 0.29) is 5.91 Å². The van der Waals surface area contributed by atoms with Crippen molar-refractivity contribution in [3.63, 3.8) is 0 Å². The maximum atomic E-state index is 11.9. The summed E-state index contributed by atoms with van der Waals surface area (Å²) in [6, 6.07) is 0. The zero-order valence-corrected chi connectivity index (χ0v) is 11.8. The summed E-state index contributed by atoms with van der Waals surface area (Å²) >= 11 is 1.37. The van der Waals surface area contributed by atoms with E-state index >= 15 is 0 Å². The SMILES string of the molecule is NCCNC(=O)c1sc(N2CCCCCC2)nc1N. The Hall–Kier alpha value is -1.34. The molecule has 0 aromatic carbocycles. The van der Waals surface area contributed by atoms with Crippen molar-refractivity contribution in [2.24, 2.45) is 5.73 Å². The summed E-state index contributed by atoms with van der Waals surface area (Å²) in [5, 5.41) is 3.58. The first-order chi connectivity index (χ1) is 9.22. The molecule has 2 rings (SSSR count). The number of hydrogen-bond donors (Lipinski definition) is 3. The Morgan fingerprint density at radius 3 is 2.63 bits per heavy atom. The number of anilines is 2. The number of aromatic nitrogens is 1. The molecule has 106 valence electrons. The first-order valence-corrected chi connectivity index (χ1v) is 7.53. The molecule has 0 aliphatic carbocycles. The zero-order chi connectivity index (χ0) is 13.7. The van der Waals surface area contributed by atoms with Gasteiger partial charge in [0.1, 0.15) is 10.7 Å². The molecule has 0 spiro atoms. The predicted molar refractivity (Wildman–Crippen MR) is 78.6 cm³/mol. The smallest absolute Gasteiger partial charge is 0.265 e. The summed E-state index contributed by atoms with van der Waals surface area (Å²) < 4.78 is 0. The van der Waals surface area contributed by atoms with Crippen molar-refractivity contribution >= 4 is 28.2 Å². The average molecular weight is 283 g/mol. The third kappa shape index (κ3) is 3.57. The lowest BCUT2D eigenvalue weighted by atomic mass is 10.2. The molecule has 0 saturated carbocycles. The van der Waals surface area contributed by atoms with E-state index in [2.05, 4.69) is 15.2 Å². The molecule has 1 fully saturated rings. The van der Waals surface area contributed by atoms with Gasteiger partial charge in [0.2, 0.25) is 0 Å². The van der Waals surface area contributed by atoms with Gasteiger partial charge in [0.05, 0.1) is 0 Å². The van der Waals surface area contributed by atoms with Crippen LogP contribution in [-0.2, 0) is 0 Å². The van der Waals surface area contributed by atoms with Gasteiger partial charge in [-0.15, -0.1) is 0 Å². The highest BCUT2D eigenvalue weighted by molar-refractivity contribution is 7.18. The van der Waals surface area contributed by atoms with Gasteiger partial charge in [0.15, 0.2) is 5.13 Å². The molecule has 1 saturated heterocycles. The number of thiazole rings is 1. The summed E-state index contributed by atoms with van der Waals surface area (Å²) in [5.41, 5.74) is 11.2. The molecule has 0 radical (unpaired) electrons. The molecular formula is C12H21N5OS. The van der Waals surface area contributed by atoms with Crippen LogP contribution in [0.3, 0.4) is 0 Å². The molecule has 1 aliphatic heterocycles. The first kappa shape index (κ1) is 14.1. The van der Waals surface area contributed by atoms with E-state index in [0.29, 0.717) is 23.8 Å². The van der Waals surface area contributed by atoms with Gasteiger partial charge in [-0.3, -0.25) is 4.79 Å². The summed E-state index contributed by atoms with van der Waals surface area (Å²) in [7, 11) is 0. The number of rotatable bonds is 4. The van der Waals surface area contributed by atoms with E-state index < -0.39 is 0 Å². The predicted octanol–water partition coefficient (Wildman–Crippen LogP) is 0.794. The zero-order valence-electron chi connectivity index (χ0n) is 11.0. The Labute approximate surface area is 117 Å². The monoisotopic (exact) mass is 283 g/mol. The van der Waals surface area contributed by atoms with Crippen LogP contribution in [-0.4, -0.2) is 37.1 Å². The highest BCUT2D eigenvalue weighted by Gasteiger charge is 2.20. The maximum absolute atomic E-state index is 11.9. The van der Waals surface area contributed by atoms with Crippen molar-refractivity contribution < 1.29 is 4.79 Å². The summed E-state index contributed by atoms with van der Waals surface area (Å²) in [4.78, 5) is 19.0. The Kier molecular flexibility index (Phi) is 4.98. The lowest BCUT2D eigenvalue weighted by Crippen LogP contribution is -2.28. The number of nitrogens with two attached hydrogens (primary N) is 2. The second-order valence-electron chi connectivity index (χ2n) is 4.66.